The molecule has 0 saturated heterocycles. The molecule has 1 aromatic heterocycles. The third-order valence-electron chi connectivity index (χ3n) is 2.47. The lowest BCUT2D eigenvalue weighted by Crippen LogP contribution is -2.10. The van der Waals surface area contributed by atoms with Crippen molar-refractivity contribution in [2.75, 3.05) is 6.54 Å². The van der Waals surface area contributed by atoms with Crippen LogP contribution in [0.3, 0.4) is 0 Å². The van der Waals surface area contributed by atoms with Crippen molar-refractivity contribution >= 4 is 23.4 Å². The molecule has 0 fully saturated rings. The van der Waals surface area contributed by atoms with Crippen molar-refractivity contribution in [3.05, 3.63) is 52.9 Å². The quantitative estimate of drug-likeness (QED) is 0.798. The van der Waals surface area contributed by atoms with Crippen LogP contribution in [0, 0.1) is 0 Å². The zero-order valence-corrected chi connectivity index (χ0v) is 11.9. The van der Waals surface area contributed by atoms with Gasteiger partial charge in [0.25, 0.3) is 0 Å². The fraction of sp³-hybridized carbons (Fsp3) is 0.286. The average molecular weight is 282 g/mol. The molecule has 0 aliphatic heterocycles. The third kappa shape index (κ3) is 3.80. The average Bonchev–Trinajstić information content (AvgIpc) is 2.83. The van der Waals surface area contributed by atoms with E-state index < -0.39 is 0 Å². The van der Waals surface area contributed by atoms with Gasteiger partial charge in [0.2, 0.25) is 0 Å². The zero-order valence-electron chi connectivity index (χ0n) is 10.3. The number of halogens is 1. The second kappa shape index (κ2) is 6.88. The van der Waals surface area contributed by atoms with E-state index in [2.05, 4.69) is 12.2 Å². The minimum Gasteiger partial charge on any atom is -0.464 e. The Morgan fingerprint density at radius 2 is 1.94 bits per heavy atom. The fourth-order valence-electron chi connectivity index (χ4n) is 1.55. The van der Waals surface area contributed by atoms with E-state index in [-0.39, 0.29) is 0 Å². The van der Waals surface area contributed by atoms with Crippen LogP contribution in [0.5, 0.6) is 0 Å². The number of furan rings is 1. The predicted molar refractivity (Wildman–Crippen MR) is 77.1 cm³/mol. The molecule has 2 aromatic rings. The lowest BCUT2D eigenvalue weighted by atomic mass is 10.4. The van der Waals surface area contributed by atoms with Gasteiger partial charge in [0.1, 0.15) is 11.5 Å². The molecular formula is C14H16ClNOS. The Hall–Kier alpha value is -0.900. The molecule has 1 heterocycles. The van der Waals surface area contributed by atoms with Crippen molar-refractivity contribution in [3.8, 4) is 0 Å². The van der Waals surface area contributed by atoms with Gasteiger partial charge in [-0.25, -0.2) is 0 Å². The van der Waals surface area contributed by atoms with Crippen molar-refractivity contribution < 1.29 is 4.42 Å². The van der Waals surface area contributed by atoms with Gasteiger partial charge in [-0.05, 0) is 30.8 Å². The van der Waals surface area contributed by atoms with Crippen LogP contribution in [0.4, 0.5) is 0 Å². The van der Waals surface area contributed by atoms with Gasteiger partial charge in [-0.3, -0.25) is 0 Å². The smallest absolute Gasteiger partial charge is 0.117 e. The normalized spacial score (nSPS) is 10.8. The maximum Gasteiger partial charge on any atom is 0.117 e. The summed E-state index contributed by atoms with van der Waals surface area (Å²) in [6.07, 6.45) is 0. The molecule has 1 N–H and O–H groups in total. The van der Waals surface area contributed by atoms with Crippen LogP contribution in [0.1, 0.15) is 18.4 Å². The van der Waals surface area contributed by atoms with E-state index >= 15 is 0 Å². The van der Waals surface area contributed by atoms with E-state index in [0.29, 0.717) is 0 Å². The first-order chi connectivity index (χ1) is 8.79. The van der Waals surface area contributed by atoms with Crippen LogP contribution in [-0.4, -0.2) is 6.54 Å². The highest BCUT2D eigenvalue weighted by Gasteiger charge is 2.04. The second-order valence-corrected chi connectivity index (χ2v) is 5.29. The molecule has 0 bridgehead atoms. The van der Waals surface area contributed by atoms with Crippen LogP contribution in [0.2, 0.25) is 5.02 Å². The van der Waals surface area contributed by atoms with Gasteiger partial charge in [0, 0.05) is 4.90 Å². The maximum absolute atomic E-state index is 6.10. The highest BCUT2D eigenvalue weighted by molar-refractivity contribution is 7.98. The summed E-state index contributed by atoms with van der Waals surface area (Å²) in [6.45, 7) is 3.81. The molecule has 18 heavy (non-hydrogen) atoms. The van der Waals surface area contributed by atoms with E-state index in [1.165, 1.54) is 0 Å². The van der Waals surface area contributed by atoms with E-state index in [1.54, 1.807) is 11.8 Å². The van der Waals surface area contributed by atoms with Crippen molar-refractivity contribution in [2.45, 2.75) is 24.1 Å². The minimum absolute atomic E-state index is 0.785. The molecule has 1 aromatic carbocycles. The number of hydrogen-bond acceptors (Lipinski definition) is 3. The Balaban J connectivity index is 1.90. The Kier molecular flexibility index (Phi) is 5.17. The fourth-order valence-corrected chi connectivity index (χ4v) is 2.69. The van der Waals surface area contributed by atoms with Gasteiger partial charge in [0.05, 0.1) is 17.3 Å². The monoisotopic (exact) mass is 281 g/mol. The van der Waals surface area contributed by atoms with Crippen LogP contribution >= 0.6 is 23.4 Å². The lowest BCUT2D eigenvalue weighted by Gasteiger charge is -2.02. The summed E-state index contributed by atoms with van der Waals surface area (Å²) in [5, 5.41) is 4.03. The highest BCUT2D eigenvalue weighted by Crippen LogP contribution is 2.29. The molecule has 2 rings (SSSR count). The predicted octanol–water partition coefficient (Wildman–Crippen LogP) is 4.33. The number of hydrogen-bond donors (Lipinski definition) is 1. The molecular weight excluding hydrogens is 266 g/mol. The van der Waals surface area contributed by atoms with E-state index in [1.807, 2.05) is 36.4 Å². The molecule has 0 radical (unpaired) electrons. The van der Waals surface area contributed by atoms with Gasteiger partial charge < -0.3 is 9.73 Å². The molecule has 96 valence electrons. The number of nitrogens with one attached hydrogen (secondary N) is 1. The van der Waals surface area contributed by atoms with Crippen LogP contribution < -0.4 is 5.32 Å². The molecule has 0 spiro atoms. The van der Waals surface area contributed by atoms with Crippen molar-refractivity contribution in [1.29, 1.82) is 0 Å². The zero-order chi connectivity index (χ0) is 12.8. The molecule has 0 amide bonds. The summed E-state index contributed by atoms with van der Waals surface area (Å²) in [5.74, 6) is 2.76. The molecule has 4 heteroatoms. The summed E-state index contributed by atoms with van der Waals surface area (Å²) >= 11 is 7.79. The van der Waals surface area contributed by atoms with Crippen LogP contribution in [-0.2, 0) is 12.3 Å². The molecule has 0 saturated carbocycles. The summed E-state index contributed by atoms with van der Waals surface area (Å²) in [4.78, 5) is 1.09. The molecule has 2 nitrogen and oxygen atoms in total. The van der Waals surface area contributed by atoms with Gasteiger partial charge >= 0.3 is 0 Å². The number of rotatable bonds is 6. The van der Waals surface area contributed by atoms with Crippen molar-refractivity contribution in [3.63, 3.8) is 0 Å². The van der Waals surface area contributed by atoms with Gasteiger partial charge in [-0.2, -0.15) is 0 Å². The Bertz CT molecular complexity index is 498. The first kappa shape index (κ1) is 13.5. The van der Waals surface area contributed by atoms with Crippen LogP contribution in [0.25, 0.3) is 0 Å². The summed E-state index contributed by atoms with van der Waals surface area (Å²) in [5.41, 5.74) is 0. The lowest BCUT2D eigenvalue weighted by molar-refractivity contribution is 0.463. The van der Waals surface area contributed by atoms with Crippen molar-refractivity contribution in [1.82, 2.24) is 5.32 Å². The first-order valence-electron chi connectivity index (χ1n) is 5.95. The molecule has 0 aliphatic carbocycles. The maximum atomic E-state index is 6.10. The number of benzene rings is 1. The highest BCUT2D eigenvalue weighted by atomic mass is 35.5. The van der Waals surface area contributed by atoms with Crippen LogP contribution in [0.15, 0.2) is 45.7 Å². The summed E-state index contributed by atoms with van der Waals surface area (Å²) < 4.78 is 5.72. The van der Waals surface area contributed by atoms with Crippen molar-refractivity contribution in [2.24, 2.45) is 0 Å². The third-order valence-corrected chi connectivity index (χ3v) is 4.01. The molecule has 0 aliphatic rings. The standard InChI is InChI=1S/C14H16ClNOS/c1-2-16-9-11-7-8-12(17-11)10-18-14-6-4-3-5-13(14)15/h3-8,16H,2,9-10H2,1H3. The molecule has 0 unspecified atom stereocenters. The van der Waals surface area contributed by atoms with Gasteiger partial charge in [-0.1, -0.05) is 30.7 Å². The van der Waals surface area contributed by atoms with Gasteiger partial charge in [-0.15, -0.1) is 11.8 Å². The van der Waals surface area contributed by atoms with Gasteiger partial charge in [0.15, 0.2) is 0 Å². The number of thioether (sulfide) groups is 1. The minimum atomic E-state index is 0.785. The Morgan fingerprint density at radius 1 is 1.17 bits per heavy atom. The Morgan fingerprint density at radius 3 is 2.72 bits per heavy atom. The summed E-state index contributed by atoms with van der Waals surface area (Å²) in [6, 6.07) is 11.9. The van der Waals surface area contributed by atoms with E-state index in [0.717, 1.165) is 40.3 Å². The van der Waals surface area contributed by atoms with E-state index in [4.69, 9.17) is 16.0 Å². The topological polar surface area (TPSA) is 25.2 Å². The second-order valence-electron chi connectivity index (χ2n) is 3.87. The molecule has 0 atom stereocenters. The Labute approximate surface area is 117 Å². The largest absolute Gasteiger partial charge is 0.464 e. The SMILES string of the molecule is CCNCc1ccc(CSc2ccccc2Cl)o1. The first-order valence-corrected chi connectivity index (χ1v) is 7.31. The summed E-state index contributed by atoms with van der Waals surface area (Å²) in [7, 11) is 0. The van der Waals surface area contributed by atoms with E-state index in [9.17, 15) is 0 Å².